The first kappa shape index (κ1) is 19.3. The van der Waals surface area contributed by atoms with Crippen molar-refractivity contribution in [2.45, 2.75) is 13.5 Å². The van der Waals surface area contributed by atoms with Gasteiger partial charge in [-0.1, -0.05) is 18.2 Å². The first-order chi connectivity index (χ1) is 14.0. The Bertz CT molecular complexity index is 1050. The standard InChI is InChI=1S/C23H24FN3O2/c1-16-5-3-4-6-19(16)23(28)27-11-9-26(10-12-27)15-18-14-22(29-2)20-13-17(24)7-8-21(20)25-18/h3-8,13-14H,9-12,15H2,1-2H3. The minimum atomic E-state index is -0.306. The van der Waals surface area contributed by atoms with Gasteiger partial charge in [-0.15, -0.1) is 0 Å². The molecular formula is C23H24FN3O2. The fourth-order valence-electron chi connectivity index (χ4n) is 3.79. The summed E-state index contributed by atoms with van der Waals surface area (Å²) in [6.07, 6.45) is 0. The molecule has 2 aromatic carbocycles. The Hall–Kier alpha value is -2.99. The molecule has 0 atom stereocenters. The molecule has 5 nitrogen and oxygen atoms in total. The molecule has 0 N–H and O–H groups in total. The number of carbonyl (C=O) groups is 1. The van der Waals surface area contributed by atoms with Gasteiger partial charge < -0.3 is 9.64 Å². The van der Waals surface area contributed by atoms with Crippen LogP contribution in [0.3, 0.4) is 0 Å². The molecule has 4 rings (SSSR count). The van der Waals surface area contributed by atoms with Gasteiger partial charge in [-0.3, -0.25) is 14.7 Å². The maximum Gasteiger partial charge on any atom is 0.254 e. The van der Waals surface area contributed by atoms with Crippen molar-refractivity contribution in [1.82, 2.24) is 14.8 Å². The largest absolute Gasteiger partial charge is 0.496 e. The number of amides is 1. The maximum atomic E-state index is 13.6. The van der Waals surface area contributed by atoms with Crippen LogP contribution in [0.4, 0.5) is 4.39 Å². The lowest BCUT2D eigenvalue weighted by molar-refractivity contribution is 0.0626. The predicted molar refractivity (Wildman–Crippen MR) is 111 cm³/mol. The summed E-state index contributed by atoms with van der Waals surface area (Å²) in [6, 6.07) is 14.1. The Morgan fingerprint density at radius 2 is 1.86 bits per heavy atom. The third-order valence-corrected chi connectivity index (χ3v) is 5.43. The lowest BCUT2D eigenvalue weighted by Gasteiger charge is -2.34. The van der Waals surface area contributed by atoms with Crippen molar-refractivity contribution < 1.29 is 13.9 Å². The highest BCUT2D eigenvalue weighted by Gasteiger charge is 2.23. The molecule has 1 saturated heterocycles. The number of ether oxygens (including phenoxy) is 1. The minimum absolute atomic E-state index is 0.0928. The molecule has 2 heterocycles. The molecule has 0 aliphatic carbocycles. The maximum absolute atomic E-state index is 13.6. The number of nitrogens with zero attached hydrogens (tertiary/aromatic N) is 3. The zero-order chi connectivity index (χ0) is 20.4. The van der Waals surface area contributed by atoms with Crippen molar-refractivity contribution in [3.63, 3.8) is 0 Å². The average Bonchev–Trinajstić information content (AvgIpc) is 2.74. The number of methoxy groups -OCH3 is 1. The van der Waals surface area contributed by atoms with Gasteiger partial charge in [0.25, 0.3) is 5.91 Å². The zero-order valence-electron chi connectivity index (χ0n) is 16.7. The van der Waals surface area contributed by atoms with Crippen molar-refractivity contribution >= 4 is 16.8 Å². The molecule has 29 heavy (non-hydrogen) atoms. The fraction of sp³-hybridized carbons (Fsp3) is 0.304. The Morgan fingerprint density at radius 3 is 2.59 bits per heavy atom. The molecule has 1 aromatic heterocycles. The number of carbonyl (C=O) groups excluding carboxylic acids is 1. The van der Waals surface area contributed by atoms with Crippen molar-refractivity contribution in [2.75, 3.05) is 33.3 Å². The molecule has 0 saturated carbocycles. The second-order valence-corrected chi connectivity index (χ2v) is 7.36. The number of benzene rings is 2. The quantitative estimate of drug-likeness (QED) is 0.679. The summed E-state index contributed by atoms with van der Waals surface area (Å²) in [5.41, 5.74) is 3.37. The highest BCUT2D eigenvalue weighted by atomic mass is 19.1. The molecular weight excluding hydrogens is 369 g/mol. The Kier molecular flexibility index (Phi) is 5.45. The summed E-state index contributed by atoms with van der Waals surface area (Å²) in [4.78, 5) is 21.6. The van der Waals surface area contributed by atoms with Crippen LogP contribution in [0.1, 0.15) is 21.6 Å². The number of aromatic nitrogens is 1. The van der Waals surface area contributed by atoms with E-state index in [9.17, 15) is 9.18 Å². The number of hydrogen-bond acceptors (Lipinski definition) is 4. The molecule has 1 fully saturated rings. The number of halogens is 1. The fourth-order valence-corrected chi connectivity index (χ4v) is 3.79. The SMILES string of the molecule is COc1cc(CN2CCN(C(=O)c3ccccc3C)CC2)nc2ccc(F)cc12. The smallest absolute Gasteiger partial charge is 0.254 e. The van der Waals surface area contributed by atoms with Gasteiger partial charge in [-0.2, -0.15) is 0 Å². The van der Waals surface area contributed by atoms with Crippen molar-refractivity contribution in [3.8, 4) is 5.75 Å². The highest BCUT2D eigenvalue weighted by molar-refractivity contribution is 5.95. The first-order valence-corrected chi connectivity index (χ1v) is 9.75. The third-order valence-electron chi connectivity index (χ3n) is 5.43. The van der Waals surface area contributed by atoms with Gasteiger partial charge >= 0.3 is 0 Å². The summed E-state index contributed by atoms with van der Waals surface area (Å²) in [7, 11) is 1.58. The summed E-state index contributed by atoms with van der Waals surface area (Å²) in [5, 5.41) is 0.671. The third kappa shape index (κ3) is 4.07. The van der Waals surface area contributed by atoms with E-state index >= 15 is 0 Å². The second-order valence-electron chi connectivity index (χ2n) is 7.36. The van der Waals surface area contributed by atoms with Gasteiger partial charge in [0.2, 0.25) is 0 Å². The molecule has 150 valence electrons. The molecule has 0 bridgehead atoms. The van der Waals surface area contributed by atoms with Crippen LogP contribution in [0.2, 0.25) is 0 Å². The van der Waals surface area contributed by atoms with E-state index in [1.807, 2.05) is 42.2 Å². The van der Waals surface area contributed by atoms with Crippen LogP contribution in [-0.4, -0.2) is 54.0 Å². The summed E-state index contributed by atoms with van der Waals surface area (Å²) in [5.74, 6) is 0.410. The van der Waals surface area contributed by atoms with E-state index in [1.54, 1.807) is 13.2 Å². The Balaban J connectivity index is 1.44. The van der Waals surface area contributed by atoms with Gasteiger partial charge in [0.15, 0.2) is 0 Å². The lowest BCUT2D eigenvalue weighted by atomic mass is 10.1. The molecule has 0 radical (unpaired) electrons. The van der Waals surface area contributed by atoms with Crippen molar-refractivity contribution in [1.29, 1.82) is 0 Å². The van der Waals surface area contributed by atoms with Crippen LogP contribution in [0, 0.1) is 12.7 Å². The van der Waals surface area contributed by atoms with Gasteiger partial charge in [0.1, 0.15) is 11.6 Å². The van der Waals surface area contributed by atoms with E-state index < -0.39 is 0 Å². The molecule has 3 aromatic rings. The van der Waals surface area contributed by atoms with Crippen molar-refractivity contribution in [2.24, 2.45) is 0 Å². The predicted octanol–water partition coefficient (Wildman–Crippen LogP) is 3.65. The summed E-state index contributed by atoms with van der Waals surface area (Å²) < 4.78 is 19.0. The summed E-state index contributed by atoms with van der Waals surface area (Å²) >= 11 is 0. The molecule has 1 aliphatic rings. The number of piperazine rings is 1. The van der Waals surface area contributed by atoms with E-state index in [1.165, 1.54) is 12.1 Å². The second kappa shape index (κ2) is 8.17. The topological polar surface area (TPSA) is 45.7 Å². The van der Waals surface area contributed by atoms with Crippen LogP contribution < -0.4 is 4.74 Å². The first-order valence-electron chi connectivity index (χ1n) is 9.75. The molecule has 6 heteroatoms. The monoisotopic (exact) mass is 393 g/mol. The van der Waals surface area contributed by atoms with Gasteiger partial charge in [0, 0.05) is 49.7 Å². The number of hydrogen-bond donors (Lipinski definition) is 0. The number of aryl methyl sites for hydroxylation is 1. The number of fused-ring (bicyclic) bond motifs is 1. The van der Waals surface area contributed by atoms with Gasteiger partial charge in [0.05, 0.1) is 18.3 Å². The zero-order valence-corrected chi connectivity index (χ0v) is 16.7. The van der Waals surface area contributed by atoms with E-state index in [0.717, 1.165) is 29.9 Å². The molecule has 1 amide bonds. The van der Waals surface area contributed by atoms with Crippen LogP contribution in [-0.2, 0) is 6.54 Å². The molecule has 0 unspecified atom stereocenters. The van der Waals surface area contributed by atoms with Crippen molar-refractivity contribution in [3.05, 3.63) is 71.2 Å². The summed E-state index contributed by atoms with van der Waals surface area (Å²) in [6.45, 7) is 5.56. The van der Waals surface area contributed by atoms with Gasteiger partial charge in [-0.05, 0) is 36.8 Å². The lowest BCUT2D eigenvalue weighted by Crippen LogP contribution is -2.48. The normalized spacial score (nSPS) is 14.9. The van der Waals surface area contributed by atoms with E-state index in [0.29, 0.717) is 36.3 Å². The number of pyridine rings is 1. The van der Waals surface area contributed by atoms with E-state index in [2.05, 4.69) is 9.88 Å². The molecule has 1 aliphatic heterocycles. The van der Waals surface area contributed by atoms with Crippen LogP contribution >= 0.6 is 0 Å². The highest BCUT2D eigenvalue weighted by Crippen LogP contribution is 2.26. The van der Waals surface area contributed by atoms with E-state index in [-0.39, 0.29) is 11.7 Å². The molecule has 0 spiro atoms. The van der Waals surface area contributed by atoms with Crippen LogP contribution in [0.25, 0.3) is 10.9 Å². The Labute approximate surface area is 169 Å². The van der Waals surface area contributed by atoms with E-state index in [4.69, 9.17) is 4.74 Å². The van der Waals surface area contributed by atoms with Crippen LogP contribution in [0.15, 0.2) is 48.5 Å². The average molecular weight is 393 g/mol. The van der Waals surface area contributed by atoms with Gasteiger partial charge in [-0.25, -0.2) is 4.39 Å². The van der Waals surface area contributed by atoms with Crippen LogP contribution in [0.5, 0.6) is 5.75 Å². The number of rotatable bonds is 4. The minimum Gasteiger partial charge on any atom is -0.496 e. The Morgan fingerprint density at radius 1 is 1.10 bits per heavy atom.